The summed E-state index contributed by atoms with van der Waals surface area (Å²) in [6, 6.07) is 11.7. The molecule has 0 aromatic heterocycles. The molecule has 2 N–H and O–H groups in total. The minimum atomic E-state index is -0.623. The molecule has 10 nitrogen and oxygen atoms in total. The van der Waals surface area contributed by atoms with Gasteiger partial charge >= 0.3 is 18.0 Å². The predicted molar refractivity (Wildman–Crippen MR) is 130 cm³/mol. The van der Waals surface area contributed by atoms with Gasteiger partial charge in [0.05, 0.1) is 25.3 Å². The van der Waals surface area contributed by atoms with Crippen LogP contribution in [0.2, 0.25) is 0 Å². The van der Waals surface area contributed by atoms with Gasteiger partial charge in [0.15, 0.2) is 0 Å². The molecule has 0 aliphatic carbocycles. The van der Waals surface area contributed by atoms with Crippen molar-refractivity contribution in [2.45, 2.75) is 19.9 Å². The summed E-state index contributed by atoms with van der Waals surface area (Å²) in [4.78, 5) is 52.1. The molecule has 35 heavy (non-hydrogen) atoms. The van der Waals surface area contributed by atoms with E-state index in [2.05, 4.69) is 15.5 Å². The van der Waals surface area contributed by atoms with Crippen LogP contribution in [-0.2, 0) is 20.8 Å². The quantitative estimate of drug-likeness (QED) is 0.608. The molecule has 0 unspecified atom stereocenters. The first-order valence-electron chi connectivity index (χ1n) is 11.3. The Kier molecular flexibility index (Phi) is 8.80. The maximum Gasteiger partial charge on any atom is 0.337 e. The first-order valence-corrected chi connectivity index (χ1v) is 11.3. The third-order valence-electron chi connectivity index (χ3n) is 5.58. The van der Waals surface area contributed by atoms with Crippen LogP contribution in [0.25, 0.3) is 0 Å². The molecule has 0 spiro atoms. The van der Waals surface area contributed by atoms with E-state index in [1.165, 1.54) is 39.3 Å². The number of ether oxygens (including phenoxy) is 2. The number of hydrogen-bond acceptors (Lipinski definition) is 7. The fraction of sp³-hybridized carbons (Fsp3) is 0.360. The van der Waals surface area contributed by atoms with Crippen molar-refractivity contribution in [3.05, 3.63) is 59.2 Å². The molecule has 1 saturated heterocycles. The molecule has 1 fully saturated rings. The molecule has 1 heterocycles. The van der Waals surface area contributed by atoms with Gasteiger partial charge in [-0.2, -0.15) is 0 Å². The van der Waals surface area contributed by atoms with Crippen molar-refractivity contribution in [1.29, 1.82) is 0 Å². The number of carbonyl (C=O) groups excluding carboxylic acids is 4. The Labute approximate surface area is 204 Å². The zero-order valence-corrected chi connectivity index (χ0v) is 20.1. The molecule has 3 amide bonds. The lowest BCUT2D eigenvalue weighted by Gasteiger charge is -2.22. The van der Waals surface area contributed by atoms with Crippen molar-refractivity contribution in [2.24, 2.45) is 0 Å². The van der Waals surface area contributed by atoms with E-state index in [4.69, 9.17) is 9.47 Å². The van der Waals surface area contributed by atoms with Crippen LogP contribution < -0.4 is 10.6 Å². The third-order valence-corrected chi connectivity index (χ3v) is 5.58. The van der Waals surface area contributed by atoms with E-state index in [9.17, 15) is 19.2 Å². The lowest BCUT2D eigenvalue weighted by molar-refractivity contribution is -0.114. The minimum absolute atomic E-state index is 0.109. The van der Waals surface area contributed by atoms with Gasteiger partial charge in [-0.3, -0.25) is 9.69 Å². The lowest BCUT2D eigenvalue weighted by Crippen LogP contribution is -2.38. The third kappa shape index (κ3) is 7.28. The van der Waals surface area contributed by atoms with Gasteiger partial charge in [-0.25, -0.2) is 14.4 Å². The fourth-order valence-electron chi connectivity index (χ4n) is 3.86. The standard InChI is InChI=1S/C25H30N4O6/c1-17(30)26-21-7-5-18(6-8-21)16-28-9-4-10-29(12-11-28)25(33)27-22-14-19(23(31)34-2)13-20(15-22)24(32)35-3/h5-8,13-15H,4,9-12,16H2,1-3H3,(H,26,30)(H,27,33). The van der Waals surface area contributed by atoms with Crippen LogP contribution in [0, 0.1) is 0 Å². The van der Waals surface area contributed by atoms with Crippen LogP contribution in [0.3, 0.4) is 0 Å². The smallest absolute Gasteiger partial charge is 0.337 e. The molecule has 3 rings (SSSR count). The molecule has 10 heteroatoms. The molecular formula is C25H30N4O6. The molecule has 0 saturated carbocycles. The monoisotopic (exact) mass is 482 g/mol. The number of nitrogens with zero attached hydrogens (tertiary/aromatic N) is 2. The van der Waals surface area contributed by atoms with E-state index in [1.54, 1.807) is 4.90 Å². The Morgan fingerprint density at radius 3 is 2.00 bits per heavy atom. The van der Waals surface area contributed by atoms with Crippen LogP contribution in [0.4, 0.5) is 16.2 Å². The SMILES string of the molecule is COC(=O)c1cc(NC(=O)N2CCCN(Cc3ccc(NC(C)=O)cc3)CC2)cc(C(=O)OC)c1. The topological polar surface area (TPSA) is 117 Å². The molecule has 186 valence electrons. The number of urea groups is 1. The Bertz CT molecular complexity index is 1050. The van der Waals surface area contributed by atoms with Gasteiger partial charge in [0, 0.05) is 51.0 Å². The summed E-state index contributed by atoms with van der Waals surface area (Å²) >= 11 is 0. The van der Waals surface area contributed by atoms with Gasteiger partial charge in [-0.15, -0.1) is 0 Å². The number of methoxy groups -OCH3 is 2. The summed E-state index contributed by atoms with van der Waals surface area (Å²) in [7, 11) is 2.48. The molecule has 0 radical (unpaired) electrons. The fourth-order valence-corrected chi connectivity index (χ4v) is 3.86. The van der Waals surface area contributed by atoms with Gasteiger partial charge < -0.3 is 25.0 Å². The summed E-state index contributed by atoms with van der Waals surface area (Å²) in [6.45, 7) is 4.83. The van der Waals surface area contributed by atoms with Crippen LogP contribution in [0.1, 0.15) is 39.6 Å². The van der Waals surface area contributed by atoms with Crippen molar-refractivity contribution < 1.29 is 28.7 Å². The average Bonchev–Trinajstić information content (AvgIpc) is 3.09. The van der Waals surface area contributed by atoms with Gasteiger partial charge in [-0.1, -0.05) is 12.1 Å². The molecule has 1 aliphatic rings. The van der Waals surface area contributed by atoms with Crippen LogP contribution in [0.5, 0.6) is 0 Å². The summed E-state index contributed by atoms with van der Waals surface area (Å²) < 4.78 is 9.49. The molecule has 0 atom stereocenters. The number of nitrogens with one attached hydrogen (secondary N) is 2. The first-order chi connectivity index (χ1) is 16.8. The van der Waals surface area contributed by atoms with E-state index >= 15 is 0 Å². The second-order valence-electron chi connectivity index (χ2n) is 8.21. The summed E-state index contributed by atoms with van der Waals surface area (Å²) in [5, 5.41) is 5.54. The molecule has 1 aliphatic heterocycles. The number of esters is 2. The second-order valence-corrected chi connectivity index (χ2v) is 8.21. The van der Waals surface area contributed by atoms with Gasteiger partial charge in [-0.05, 0) is 42.3 Å². The normalized spacial score (nSPS) is 14.0. The number of amides is 3. The number of anilines is 2. The Morgan fingerprint density at radius 2 is 1.43 bits per heavy atom. The molecular weight excluding hydrogens is 452 g/mol. The molecule has 0 bridgehead atoms. The number of benzene rings is 2. The van der Waals surface area contributed by atoms with Gasteiger partial charge in [0.2, 0.25) is 5.91 Å². The Hall–Kier alpha value is -3.92. The second kappa shape index (κ2) is 12.0. The summed E-state index contributed by atoms with van der Waals surface area (Å²) in [6.07, 6.45) is 0.799. The maximum absolute atomic E-state index is 12.9. The molecule has 2 aromatic rings. The zero-order chi connectivity index (χ0) is 25.4. The maximum atomic E-state index is 12.9. The summed E-state index contributed by atoms with van der Waals surface area (Å²) in [5.41, 5.74) is 2.45. The van der Waals surface area contributed by atoms with E-state index in [-0.39, 0.29) is 23.1 Å². The Balaban J connectivity index is 1.61. The van der Waals surface area contributed by atoms with Crippen molar-refractivity contribution >= 4 is 35.3 Å². The lowest BCUT2D eigenvalue weighted by atomic mass is 10.1. The largest absolute Gasteiger partial charge is 0.465 e. The number of carbonyl (C=O) groups is 4. The van der Waals surface area contributed by atoms with Crippen LogP contribution in [-0.4, -0.2) is 74.1 Å². The number of rotatable bonds is 6. The first kappa shape index (κ1) is 25.7. The molecule has 2 aromatic carbocycles. The highest BCUT2D eigenvalue weighted by atomic mass is 16.5. The van der Waals surface area contributed by atoms with Crippen molar-refractivity contribution in [2.75, 3.05) is 51.0 Å². The van der Waals surface area contributed by atoms with E-state index in [1.807, 2.05) is 24.3 Å². The zero-order valence-electron chi connectivity index (χ0n) is 20.1. The van der Waals surface area contributed by atoms with E-state index in [0.717, 1.165) is 30.8 Å². The predicted octanol–water partition coefficient (Wildman–Crippen LogP) is 2.96. The van der Waals surface area contributed by atoms with Crippen LogP contribution >= 0.6 is 0 Å². The number of hydrogen-bond donors (Lipinski definition) is 2. The summed E-state index contributed by atoms with van der Waals surface area (Å²) in [5.74, 6) is -1.36. The minimum Gasteiger partial charge on any atom is -0.465 e. The highest BCUT2D eigenvalue weighted by Crippen LogP contribution is 2.19. The highest BCUT2D eigenvalue weighted by Gasteiger charge is 2.21. The average molecular weight is 483 g/mol. The van der Waals surface area contributed by atoms with Crippen molar-refractivity contribution in [1.82, 2.24) is 9.80 Å². The highest BCUT2D eigenvalue weighted by molar-refractivity contribution is 5.99. The van der Waals surface area contributed by atoms with E-state index < -0.39 is 11.9 Å². The van der Waals surface area contributed by atoms with Crippen LogP contribution in [0.15, 0.2) is 42.5 Å². The van der Waals surface area contributed by atoms with Gasteiger partial charge in [0.25, 0.3) is 0 Å². The van der Waals surface area contributed by atoms with Crippen molar-refractivity contribution in [3.63, 3.8) is 0 Å². The Morgan fingerprint density at radius 1 is 0.800 bits per heavy atom. The van der Waals surface area contributed by atoms with Gasteiger partial charge in [0.1, 0.15) is 0 Å². The van der Waals surface area contributed by atoms with Crippen molar-refractivity contribution in [3.8, 4) is 0 Å². The van der Waals surface area contributed by atoms with E-state index in [0.29, 0.717) is 25.3 Å².